The zero-order valence-corrected chi connectivity index (χ0v) is 15.5. The molecule has 0 bridgehead atoms. The van der Waals surface area contributed by atoms with E-state index in [0.29, 0.717) is 11.8 Å². The van der Waals surface area contributed by atoms with Gasteiger partial charge in [0.25, 0.3) is 0 Å². The zero-order chi connectivity index (χ0) is 18.2. The third kappa shape index (κ3) is 5.16. The van der Waals surface area contributed by atoms with E-state index >= 15 is 0 Å². The molecule has 0 aromatic heterocycles. The molecule has 3 aromatic carbocycles. The van der Waals surface area contributed by atoms with Crippen LogP contribution in [-0.2, 0) is 6.42 Å². The number of hydrogen-bond donors (Lipinski definition) is 2. The lowest BCUT2D eigenvalue weighted by Gasteiger charge is -2.13. The molecule has 3 rings (SSSR count). The van der Waals surface area contributed by atoms with E-state index in [1.165, 1.54) is 11.3 Å². The lowest BCUT2D eigenvalue weighted by atomic mass is 10.2. The molecule has 132 valence electrons. The number of hydrogen-bond acceptors (Lipinski definition) is 3. The van der Waals surface area contributed by atoms with Gasteiger partial charge in [0.05, 0.1) is 6.61 Å². The monoisotopic (exact) mass is 362 g/mol. The zero-order valence-electron chi connectivity index (χ0n) is 14.5. The van der Waals surface area contributed by atoms with Gasteiger partial charge in [-0.25, -0.2) is 0 Å². The second-order valence-electron chi connectivity index (χ2n) is 6.08. The van der Waals surface area contributed by atoms with Gasteiger partial charge in [-0.3, -0.25) is 0 Å². The van der Waals surface area contributed by atoms with Crippen LogP contribution in [0, 0.1) is 0 Å². The average Bonchev–Trinajstić information content (AvgIpc) is 2.69. The molecule has 0 heterocycles. The standard InChI is InChI=1S/C22H22O3Si/c23-26(24,22-9-5-2-6-10-22)18-16-20-11-13-21(14-12-20)25-17-15-19-7-3-1-4-8-19/h1-14,16,18,23-24H,15,17H2. The van der Waals surface area contributed by atoms with E-state index in [9.17, 15) is 9.59 Å². The smallest absolute Gasteiger partial charge is 0.394 e. The van der Waals surface area contributed by atoms with Crippen molar-refractivity contribution in [3.05, 3.63) is 102 Å². The molecular weight excluding hydrogens is 340 g/mol. The van der Waals surface area contributed by atoms with Crippen molar-refractivity contribution in [1.29, 1.82) is 0 Å². The van der Waals surface area contributed by atoms with Gasteiger partial charge in [0.1, 0.15) is 5.75 Å². The van der Waals surface area contributed by atoms with Gasteiger partial charge in [0.2, 0.25) is 0 Å². The van der Waals surface area contributed by atoms with E-state index in [2.05, 4.69) is 12.1 Å². The summed E-state index contributed by atoms with van der Waals surface area (Å²) in [5, 5.41) is 0.567. The third-order valence-electron chi connectivity index (χ3n) is 4.09. The fraction of sp³-hybridized carbons (Fsp3) is 0.0909. The highest BCUT2D eigenvalue weighted by molar-refractivity contribution is 6.83. The molecule has 3 aromatic rings. The molecule has 4 heteroatoms. The van der Waals surface area contributed by atoms with E-state index < -0.39 is 8.56 Å². The van der Waals surface area contributed by atoms with Crippen LogP contribution in [-0.4, -0.2) is 24.8 Å². The maximum absolute atomic E-state index is 10.3. The van der Waals surface area contributed by atoms with E-state index in [1.54, 1.807) is 30.3 Å². The fourth-order valence-corrected chi connectivity index (χ4v) is 3.90. The number of benzene rings is 3. The first-order valence-corrected chi connectivity index (χ1v) is 10.6. The molecule has 2 N–H and O–H groups in total. The van der Waals surface area contributed by atoms with Crippen molar-refractivity contribution in [3.8, 4) is 5.75 Å². The molecule has 0 atom stereocenters. The quantitative estimate of drug-likeness (QED) is 0.635. The van der Waals surface area contributed by atoms with Crippen molar-refractivity contribution in [2.24, 2.45) is 0 Å². The summed E-state index contributed by atoms with van der Waals surface area (Å²) in [6.07, 6.45) is 2.61. The van der Waals surface area contributed by atoms with E-state index in [1.807, 2.05) is 48.5 Å². The lowest BCUT2D eigenvalue weighted by molar-refractivity contribution is 0.322. The molecule has 0 saturated carbocycles. The highest BCUT2D eigenvalue weighted by Gasteiger charge is 2.27. The summed E-state index contributed by atoms with van der Waals surface area (Å²) in [6, 6.07) is 26.8. The lowest BCUT2D eigenvalue weighted by Crippen LogP contribution is -2.46. The SMILES string of the molecule is O[Si](O)(C=Cc1ccc(OCCc2ccccc2)cc1)c1ccccc1. The molecule has 0 aliphatic carbocycles. The highest BCUT2D eigenvalue weighted by atomic mass is 28.4. The largest absolute Gasteiger partial charge is 0.493 e. The molecule has 0 unspecified atom stereocenters. The Morgan fingerprint density at radius 1 is 0.769 bits per heavy atom. The minimum atomic E-state index is -3.55. The van der Waals surface area contributed by atoms with Gasteiger partial charge < -0.3 is 14.3 Å². The molecule has 0 radical (unpaired) electrons. The second-order valence-corrected chi connectivity index (χ2v) is 8.44. The van der Waals surface area contributed by atoms with Gasteiger partial charge in [-0.05, 0) is 34.1 Å². The van der Waals surface area contributed by atoms with Gasteiger partial charge >= 0.3 is 8.56 Å². The Balaban J connectivity index is 1.55. The Hall–Kier alpha value is -2.66. The van der Waals surface area contributed by atoms with Gasteiger partial charge in [-0.15, -0.1) is 0 Å². The average molecular weight is 363 g/mol. The molecule has 0 saturated heterocycles. The fourth-order valence-electron chi connectivity index (χ4n) is 2.60. The first kappa shape index (κ1) is 18.1. The van der Waals surface area contributed by atoms with Crippen LogP contribution >= 0.6 is 0 Å². The Bertz CT molecular complexity index is 828. The molecule has 0 fully saturated rings. The summed E-state index contributed by atoms with van der Waals surface area (Å²) < 4.78 is 5.77. The van der Waals surface area contributed by atoms with Crippen LogP contribution < -0.4 is 9.92 Å². The van der Waals surface area contributed by atoms with E-state index in [-0.39, 0.29) is 0 Å². The molecule has 0 spiro atoms. The minimum absolute atomic E-state index is 0.567. The first-order valence-electron chi connectivity index (χ1n) is 8.60. The highest BCUT2D eigenvalue weighted by Crippen LogP contribution is 2.14. The first-order chi connectivity index (χ1) is 12.6. The predicted octanol–water partition coefficient (Wildman–Crippen LogP) is 3.19. The van der Waals surface area contributed by atoms with Crippen molar-refractivity contribution < 1.29 is 14.3 Å². The van der Waals surface area contributed by atoms with Crippen LogP contribution in [0.15, 0.2) is 90.6 Å². The maximum atomic E-state index is 10.3. The van der Waals surface area contributed by atoms with Crippen molar-refractivity contribution in [2.45, 2.75) is 6.42 Å². The van der Waals surface area contributed by atoms with Crippen LogP contribution in [0.4, 0.5) is 0 Å². The normalized spacial score (nSPS) is 11.6. The molecule has 0 aliphatic heterocycles. The van der Waals surface area contributed by atoms with Crippen molar-refractivity contribution in [2.75, 3.05) is 6.61 Å². The van der Waals surface area contributed by atoms with E-state index in [0.717, 1.165) is 17.7 Å². The summed E-state index contributed by atoms with van der Waals surface area (Å²) in [5.41, 5.74) is 3.66. The Labute approximate surface area is 155 Å². The summed E-state index contributed by atoms with van der Waals surface area (Å²) in [7, 11) is -3.55. The second kappa shape index (κ2) is 8.63. The molecule has 0 amide bonds. The van der Waals surface area contributed by atoms with Crippen molar-refractivity contribution in [1.82, 2.24) is 0 Å². The van der Waals surface area contributed by atoms with Crippen LogP contribution in [0.2, 0.25) is 0 Å². The van der Waals surface area contributed by atoms with Crippen LogP contribution in [0.5, 0.6) is 5.75 Å². The van der Waals surface area contributed by atoms with Crippen LogP contribution in [0.25, 0.3) is 6.08 Å². The Kier molecular flexibility index (Phi) is 6.02. The maximum Gasteiger partial charge on any atom is 0.394 e. The van der Waals surface area contributed by atoms with Gasteiger partial charge in [-0.2, -0.15) is 0 Å². The molecular formula is C22H22O3Si. The Morgan fingerprint density at radius 3 is 2.04 bits per heavy atom. The summed E-state index contributed by atoms with van der Waals surface area (Å²) >= 11 is 0. The summed E-state index contributed by atoms with van der Waals surface area (Å²) in [5.74, 6) is 0.803. The van der Waals surface area contributed by atoms with Crippen molar-refractivity contribution >= 4 is 19.8 Å². The summed E-state index contributed by atoms with van der Waals surface area (Å²) in [6.45, 7) is 0.622. The van der Waals surface area contributed by atoms with Gasteiger partial charge in [0.15, 0.2) is 0 Å². The van der Waals surface area contributed by atoms with Crippen molar-refractivity contribution in [3.63, 3.8) is 0 Å². The Morgan fingerprint density at radius 2 is 1.38 bits per heavy atom. The summed E-state index contributed by atoms with van der Waals surface area (Å²) in [4.78, 5) is 20.6. The van der Waals surface area contributed by atoms with Crippen LogP contribution in [0.3, 0.4) is 0 Å². The molecule has 0 aliphatic rings. The molecule has 3 nitrogen and oxygen atoms in total. The topological polar surface area (TPSA) is 49.7 Å². The molecule has 26 heavy (non-hydrogen) atoms. The third-order valence-corrected chi connectivity index (χ3v) is 5.90. The predicted molar refractivity (Wildman–Crippen MR) is 107 cm³/mol. The van der Waals surface area contributed by atoms with Gasteiger partial charge in [-0.1, -0.05) is 78.9 Å². The minimum Gasteiger partial charge on any atom is -0.493 e. The van der Waals surface area contributed by atoms with E-state index in [4.69, 9.17) is 4.74 Å². The van der Waals surface area contributed by atoms with Gasteiger partial charge in [0, 0.05) is 6.42 Å². The van der Waals surface area contributed by atoms with Crippen LogP contribution in [0.1, 0.15) is 11.1 Å². The number of rotatable bonds is 7. The number of ether oxygens (including phenoxy) is 1.